The van der Waals surface area contributed by atoms with Gasteiger partial charge in [0.05, 0.1) is 18.4 Å². The quantitative estimate of drug-likeness (QED) is 0.235. The van der Waals surface area contributed by atoms with E-state index in [9.17, 15) is 27.1 Å². The molecule has 1 aliphatic rings. The van der Waals surface area contributed by atoms with Gasteiger partial charge in [-0.15, -0.1) is 0 Å². The smallest absolute Gasteiger partial charge is 0.251 e. The van der Waals surface area contributed by atoms with Gasteiger partial charge in [0, 0.05) is 29.9 Å². The molecule has 0 saturated heterocycles. The van der Waals surface area contributed by atoms with Crippen LogP contribution in [-0.2, 0) is 29.3 Å². The van der Waals surface area contributed by atoms with E-state index in [0.717, 1.165) is 38.0 Å². The highest BCUT2D eigenvalue weighted by Gasteiger charge is 2.27. The summed E-state index contributed by atoms with van der Waals surface area (Å²) in [6, 6.07) is 14.8. The van der Waals surface area contributed by atoms with Crippen molar-refractivity contribution in [3.8, 4) is 0 Å². The highest BCUT2D eigenvalue weighted by Crippen LogP contribution is 2.32. The molecule has 0 fully saturated rings. The van der Waals surface area contributed by atoms with Crippen LogP contribution in [0.2, 0.25) is 0 Å². The Kier molecular flexibility index (Phi) is 10.2. The lowest BCUT2D eigenvalue weighted by molar-refractivity contribution is 0.0823. The Hall–Kier alpha value is -3.34. The first-order chi connectivity index (χ1) is 20.1. The maximum atomic E-state index is 14.0. The monoisotopic (exact) mass is 613 g/mol. The number of aliphatic hydroxyl groups is 1. The number of hydrogen-bond donors (Lipinski definition) is 4. The number of nitrogens with one attached hydrogen (secondary N) is 3. The van der Waals surface area contributed by atoms with Crippen molar-refractivity contribution in [3.63, 3.8) is 0 Å². The van der Waals surface area contributed by atoms with Crippen molar-refractivity contribution in [1.29, 1.82) is 0 Å². The number of aliphatic hydroxyl groups excluding tert-OH is 1. The minimum atomic E-state index is -3.56. The van der Waals surface area contributed by atoms with Crippen LogP contribution in [0.4, 0.5) is 14.5 Å². The summed E-state index contributed by atoms with van der Waals surface area (Å²) in [5.74, 6) is -2.07. The summed E-state index contributed by atoms with van der Waals surface area (Å²) in [5.41, 5.74) is 4.54. The molecule has 0 bridgehead atoms. The summed E-state index contributed by atoms with van der Waals surface area (Å²) in [7, 11) is -3.56. The third-order valence-electron chi connectivity index (χ3n) is 7.42. The van der Waals surface area contributed by atoms with Gasteiger partial charge in [-0.25, -0.2) is 17.2 Å². The lowest BCUT2D eigenvalue weighted by Gasteiger charge is -2.31. The molecule has 4 rings (SSSR count). The van der Waals surface area contributed by atoms with E-state index in [1.807, 2.05) is 0 Å². The second-order valence-electron chi connectivity index (χ2n) is 12.7. The molecule has 7 nitrogen and oxygen atoms in total. The number of fused-ring (bicyclic) bond motifs is 1. The Morgan fingerprint density at radius 3 is 2.42 bits per heavy atom. The Bertz CT molecular complexity index is 1540. The maximum absolute atomic E-state index is 14.0. The highest BCUT2D eigenvalue weighted by molar-refractivity contribution is 7.92. The van der Waals surface area contributed by atoms with Crippen LogP contribution < -0.4 is 15.4 Å². The van der Waals surface area contributed by atoms with Crippen molar-refractivity contribution >= 4 is 21.6 Å². The number of sulfonamides is 1. The molecule has 10 heteroatoms. The van der Waals surface area contributed by atoms with Gasteiger partial charge in [0.2, 0.25) is 10.0 Å². The van der Waals surface area contributed by atoms with Crippen LogP contribution in [0, 0.1) is 17.0 Å². The van der Waals surface area contributed by atoms with Crippen LogP contribution >= 0.6 is 0 Å². The molecule has 3 aromatic carbocycles. The molecule has 4 N–H and O–H groups in total. The lowest BCUT2D eigenvalue weighted by atomic mass is 9.82. The van der Waals surface area contributed by atoms with Crippen LogP contribution in [0.15, 0.2) is 60.7 Å². The van der Waals surface area contributed by atoms with Crippen LogP contribution in [0.5, 0.6) is 0 Å². The normalized spacial score (nSPS) is 16.7. The van der Waals surface area contributed by atoms with Gasteiger partial charge in [-0.2, -0.15) is 0 Å². The third kappa shape index (κ3) is 9.84. The zero-order valence-electron chi connectivity index (χ0n) is 25.1. The number of rotatable bonds is 11. The fourth-order valence-electron chi connectivity index (χ4n) is 5.64. The standard InChI is InChI=1S/C33H41F2N3O4S/c1-33(2,3)19-21-11-12-23-7-6-10-29(28(23)15-21)36-20-31(39)30(16-22-13-25(34)18-26(35)14-22)37-32(40)24-8-5-9-27(17-24)38-43(4,41)42/h5,8-9,11-15,17-18,29-31,36,38-39H,6-7,10,16,19-20H2,1-4H3,(H,37,40)/t29-,30?,31+/m0/s1. The van der Waals surface area contributed by atoms with Crippen LogP contribution in [-0.4, -0.2) is 44.4 Å². The number of amides is 1. The molecule has 0 aromatic heterocycles. The Morgan fingerprint density at radius 1 is 1.02 bits per heavy atom. The molecule has 43 heavy (non-hydrogen) atoms. The second kappa shape index (κ2) is 13.5. The Labute approximate surface area is 253 Å². The number of hydrogen-bond acceptors (Lipinski definition) is 5. The van der Waals surface area contributed by atoms with E-state index in [1.165, 1.54) is 53.1 Å². The van der Waals surface area contributed by atoms with Crippen molar-refractivity contribution in [2.45, 2.75) is 71.1 Å². The molecule has 0 radical (unpaired) electrons. The van der Waals surface area contributed by atoms with Crippen LogP contribution in [0.1, 0.15) is 72.3 Å². The topological polar surface area (TPSA) is 108 Å². The molecule has 1 amide bonds. The van der Waals surface area contributed by atoms with E-state index in [1.54, 1.807) is 0 Å². The van der Waals surface area contributed by atoms with Crippen molar-refractivity contribution in [1.82, 2.24) is 10.6 Å². The SMILES string of the molecule is CC(C)(C)Cc1ccc2c(c1)[C@@H](NC[C@@H](O)C(Cc1cc(F)cc(F)c1)NC(=O)c1cccc(NS(C)(=O)=O)c1)CCC2. The first-order valence-corrected chi connectivity index (χ1v) is 16.4. The van der Waals surface area contributed by atoms with Crippen molar-refractivity contribution in [2.24, 2.45) is 5.41 Å². The molecule has 0 saturated carbocycles. The minimum Gasteiger partial charge on any atom is -0.390 e. The average Bonchev–Trinajstić information content (AvgIpc) is 2.89. The Balaban J connectivity index is 1.53. The predicted octanol–water partition coefficient (Wildman–Crippen LogP) is 5.29. The van der Waals surface area contributed by atoms with E-state index in [0.29, 0.717) is 0 Å². The van der Waals surface area contributed by atoms with E-state index in [2.05, 4.69) is 54.3 Å². The molecule has 1 unspecified atom stereocenters. The van der Waals surface area contributed by atoms with Gasteiger partial charge in [0.25, 0.3) is 5.91 Å². The molecular formula is C33H41F2N3O4S. The largest absolute Gasteiger partial charge is 0.390 e. The van der Waals surface area contributed by atoms with Gasteiger partial charge in [-0.05, 0) is 90.1 Å². The molecule has 0 heterocycles. The van der Waals surface area contributed by atoms with Gasteiger partial charge in [0.1, 0.15) is 11.6 Å². The molecule has 0 aliphatic heterocycles. The minimum absolute atomic E-state index is 0.0139. The maximum Gasteiger partial charge on any atom is 0.251 e. The zero-order valence-corrected chi connectivity index (χ0v) is 25.9. The number of carbonyl (C=O) groups is 1. The van der Waals surface area contributed by atoms with Gasteiger partial charge < -0.3 is 15.7 Å². The summed E-state index contributed by atoms with van der Waals surface area (Å²) in [5, 5.41) is 17.6. The van der Waals surface area contributed by atoms with Gasteiger partial charge >= 0.3 is 0 Å². The molecule has 232 valence electrons. The zero-order chi connectivity index (χ0) is 31.4. The van der Waals surface area contributed by atoms with E-state index in [-0.39, 0.29) is 41.2 Å². The lowest BCUT2D eigenvalue weighted by Crippen LogP contribution is -2.49. The van der Waals surface area contributed by atoms with Gasteiger partial charge in [-0.3, -0.25) is 9.52 Å². The molecule has 1 aliphatic carbocycles. The van der Waals surface area contributed by atoms with Crippen LogP contribution in [0.3, 0.4) is 0 Å². The summed E-state index contributed by atoms with van der Waals surface area (Å²) in [4.78, 5) is 13.3. The van der Waals surface area contributed by atoms with Crippen molar-refractivity contribution in [3.05, 3.63) is 100 Å². The average molecular weight is 614 g/mol. The number of benzene rings is 3. The molecule has 3 aromatic rings. The molecular weight excluding hydrogens is 572 g/mol. The number of carbonyl (C=O) groups excluding carboxylic acids is 1. The van der Waals surface area contributed by atoms with Crippen molar-refractivity contribution in [2.75, 3.05) is 17.5 Å². The molecule has 3 atom stereocenters. The fraction of sp³-hybridized carbons (Fsp3) is 0.424. The third-order valence-corrected chi connectivity index (χ3v) is 8.03. The molecule has 0 spiro atoms. The Morgan fingerprint density at radius 2 is 1.74 bits per heavy atom. The fourth-order valence-corrected chi connectivity index (χ4v) is 6.20. The summed E-state index contributed by atoms with van der Waals surface area (Å²) in [6.45, 7) is 6.74. The first kappa shape index (κ1) is 32.6. The second-order valence-corrected chi connectivity index (χ2v) is 14.5. The van der Waals surface area contributed by atoms with Crippen LogP contribution in [0.25, 0.3) is 0 Å². The number of anilines is 1. The van der Waals surface area contributed by atoms with Gasteiger partial charge in [0.15, 0.2) is 0 Å². The van der Waals surface area contributed by atoms with E-state index in [4.69, 9.17) is 0 Å². The number of halogens is 2. The first-order valence-electron chi connectivity index (χ1n) is 14.5. The summed E-state index contributed by atoms with van der Waals surface area (Å²) < 4.78 is 53.6. The summed E-state index contributed by atoms with van der Waals surface area (Å²) in [6.07, 6.45) is 3.70. The number of aryl methyl sites for hydroxylation is 1. The van der Waals surface area contributed by atoms with Gasteiger partial charge in [-0.1, -0.05) is 45.0 Å². The van der Waals surface area contributed by atoms with E-state index < -0.39 is 39.7 Å². The van der Waals surface area contributed by atoms with E-state index >= 15 is 0 Å². The van der Waals surface area contributed by atoms with Crippen molar-refractivity contribution < 1.29 is 27.1 Å². The summed E-state index contributed by atoms with van der Waals surface area (Å²) >= 11 is 0. The predicted molar refractivity (Wildman–Crippen MR) is 166 cm³/mol. The highest BCUT2D eigenvalue weighted by atomic mass is 32.2.